The van der Waals surface area contributed by atoms with Crippen LogP contribution in [0.1, 0.15) is 47.3 Å². The summed E-state index contributed by atoms with van der Waals surface area (Å²) < 4.78 is 0. The van der Waals surface area contributed by atoms with Crippen LogP contribution in [0.5, 0.6) is 0 Å². The standard InChI is InChI=1S/C28H37N3O2/c1-20-13-21(2)16-31(15-20)25-7-8-27-23(14-25)10-12-30(28(27)33)19-26(32)18-29-11-9-22-5-3-4-6-24(22)17-29/h3-8,14,20-21,26,32H,9-13,15-19H2,1-2H3/t20?,21?,26-/m1/s1. The number of piperidine rings is 1. The van der Waals surface area contributed by atoms with Gasteiger partial charge in [0, 0.05) is 57.1 Å². The third-order valence-electron chi connectivity index (χ3n) is 7.60. The average Bonchev–Trinajstić information content (AvgIpc) is 2.80. The van der Waals surface area contributed by atoms with E-state index in [2.05, 4.69) is 60.0 Å². The van der Waals surface area contributed by atoms with Gasteiger partial charge in [0.15, 0.2) is 0 Å². The van der Waals surface area contributed by atoms with Crippen molar-refractivity contribution >= 4 is 11.6 Å². The van der Waals surface area contributed by atoms with Crippen LogP contribution in [0.2, 0.25) is 0 Å². The molecule has 1 N–H and O–H groups in total. The number of carbonyl (C=O) groups is 1. The maximum Gasteiger partial charge on any atom is 0.254 e. The number of anilines is 1. The first-order chi connectivity index (χ1) is 16.0. The van der Waals surface area contributed by atoms with E-state index < -0.39 is 6.10 Å². The summed E-state index contributed by atoms with van der Waals surface area (Å²) in [7, 11) is 0. The maximum absolute atomic E-state index is 13.2. The number of hydrogen-bond donors (Lipinski definition) is 1. The second-order valence-electron chi connectivity index (χ2n) is 10.6. The molecule has 1 amide bonds. The van der Waals surface area contributed by atoms with E-state index in [1.807, 2.05) is 11.0 Å². The van der Waals surface area contributed by atoms with Gasteiger partial charge in [-0.25, -0.2) is 0 Å². The minimum absolute atomic E-state index is 0.0613. The summed E-state index contributed by atoms with van der Waals surface area (Å²) in [6.45, 7) is 10.4. The summed E-state index contributed by atoms with van der Waals surface area (Å²) in [5.74, 6) is 1.47. The molecule has 3 atom stereocenters. The van der Waals surface area contributed by atoms with E-state index in [9.17, 15) is 9.90 Å². The van der Waals surface area contributed by atoms with E-state index in [1.54, 1.807) is 0 Å². The summed E-state index contributed by atoms with van der Waals surface area (Å²) in [6, 6.07) is 14.9. The number of amides is 1. The monoisotopic (exact) mass is 447 g/mol. The third kappa shape index (κ3) is 4.95. The Balaban J connectivity index is 1.20. The first-order valence-corrected chi connectivity index (χ1v) is 12.6. The third-order valence-corrected chi connectivity index (χ3v) is 7.60. The van der Waals surface area contributed by atoms with Crippen LogP contribution < -0.4 is 4.90 Å². The first-order valence-electron chi connectivity index (χ1n) is 12.6. The smallest absolute Gasteiger partial charge is 0.254 e. The van der Waals surface area contributed by atoms with E-state index in [-0.39, 0.29) is 5.91 Å². The molecule has 1 saturated heterocycles. The van der Waals surface area contributed by atoms with E-state index in [0.29, 0.717) is 31.5 Å². The van der Waals surface area contributed by atoms with E-state index in [1.165, 1.54) is 23.2 Å². The topological polar surface area (TPSA) is 47.0 Å². The normalized spacial score (nSPS) is 24.4. The highest BCUT2D eigenvalue weighted by Gasteiger charge is 2.29. The molecule has 1 fully saturated rings. The Morgan fingerprint density at radius 1 is 0.939 bits per heavy atom. The van der Waals surface area contributed by atoms with Crippen LogP contribution in [0.3, 0.4) is 0 Å². The fourth-order valence-electron chi connectivity index (χ4n) is 6.09. The average molecular weight is 448 g/mol. The van der Waals surface area contributed by atoms with Gasteiger partial charge >= 0.3 is 0 Å². The Labute approximate surface area is 198 Å². The van der Waals surface area contributed by atoms with Crippen LogP contribution in [-0.2, 0) is 19.4 Å². The molecule has 5 heteroatoms. The molecule has 0 radical (unpaired) electrons. The van der Waals surface area contributed by atoms with Gasteiger partial charge in [-0.1, -0.05) is 38.1 Å². The van der Waals surface area contributed by atoms with Crippen LogP contribution in [-0.4, -0.2) is 66.2 Å². The molecule has 0 aromatic heterocycles. The second kappa shape index (κ2) is 9.47. The number of fused-ring (bicyclic) bond motifs is 2. The Morgan fingerprint density at radius 3 is 2.45 bits per heavy atom. The zero-order chi connectivity index (χ0) is 22.9. The number of rotatable bonds is 5. The molecular formula is C28H37N3O2. The number of hydrogen-bond acceptors (Lipinski definition) is 4. The fourth-order valence-corrected chi connectivity index (χ4v) is 6.09. The van der Waals surface area contributed by atoms with Gasteiger partial charge in [0.25, 0.3) is 5.91 Å². The summed E-state index contributed by atoms with van der Waals surface area (Å²) in [6.07, 6.45) is 2.64. The lowest BCUT2D eigenvalue weighted by molar-refractivity contribution is 0.0493. The highest BCUT2D eigenvalue weighted by atomic mass is 16.3. The zero-order valence-electron chi connectivity index (χ0n) is 20.0. The predicted molar refractivity (Wildman–Crippen MR) is 133 cm³/mol. The number of nitrogens with zero attached hydrogens (tertiary/aromatic N) is 3. The van der Waals surface area contributed by atoms with Crippen LogP contribution >= 0.6 is 0 Å². The molecule has 2 aromatic rings. The van der Waals surface area contributed by atoms with Crippen molar-refractivity contribution < 1.29 is 9.90 Å². The molecule has 33 heavy (non-hydrogen) atoms. The minimum Gasteiger partial charge on any atom is -0.390 e. The Morgan fingerprint density at radius 2 is 1.67 bits per heavy atom. The Kier molecular flexibility index (Phi) is 6.44. The summed E-state index contributed by atoms with van der Waals surface area (Å²) in [4.78, 5) is 19.8. The molecule has 0 aliphatic carbocycles. The minimum atomic E-state index is -0.531. The summed E-state index contributed by atoms with van der Waals surface area (Å²) in [5.41, 5.74) is 5.98. The highest BCUT2D eigenvalue weighted by Crippen LogP contribution is 2.30. The molecule has 176 valence electrons. The van der Waals surface area contributed by atoms with Crippen molar-refractivity contribution in [3.63, 3.8) is 0 Å². The fraction of sp³-hybridized carbons (Fsp3) is 0.536. The Bertz CT molecular complexity index is 996. The van der Waals surface area contributed by atoms with Gasteiger partial charge in [0.1, 0.15) is 0 Å². The lowest BCUT2D eigenvalue weighted by Gasteiger charge is -2.37. The zero-order valence-corrected chi connectivity index (χ0v) is 20.0. The van der Waals surface area contributed by atoms with Crippen LogP contribution in [0.4, 0.5) is 5.69 Å². The number of aliphatic hydroxyl groups is 1. The first kappa shape index (κ1) is 22.4. The van der Waals surface area contributed by atoms with Crippen LogP contribution in [0.15, 0.2) is 42.5 Å². The molecule has 3 aliphatic heterocycles. The van der Waals surface area contributed by atoms with Crippen molar-refractivity contribution in [2.75, 3.05) is 44.2 Å². The van der Waals surface area contributed by atoms with E-state index in [0.717, 1.165) is 50.1 Å². The molecule has 2 unspecified atom stereocenters. The van der Waals surface area contributed by atoms with Gasteiger partial charge in [-0.3, -0.25) is 9.69 Å². The van der Waals surface area contributed by atoms with Gasteiger partial charge in [-0.15, -0.1) is 0 Å². The quantitative estimate of drug-likeness (QED) is 0.761. The number of β-amino-alcohol motifs (C(OH)–C–C–N with tert-alkyl or cyclic N) is 1. The maximum atomic E-state index is 13.2. The van der Waals surface area contributed by atoms with Gasteiger partial charge in [0.05, 0.1) is 6.10 Å². The number of benzene rings is 2. The predicted octanol–water partition coefficient (Wildman–Crippen LogP) is 3.59. The molecule has 0 saturated carbocycles. The van der Waals surface area contributed by atoms with E-state index >= 15 is 0 Å². The lowest BCUT2D eigenvalue weighted by atomic mass is 9.91. The highest BCUT2D eigenvalue weighted by molar-refractivity contribution is 5.97. The van der Waals surface area contributed by atoms with Gasteiger partial charge < -0.3 is 14.9 Å². The summed E-state index contributed by atoms with van der Waals surface area (Å²) >= 11 is 0. The van der Waals surface area contributed by atoms with Crippen molar-refractivity contribution in [3.8, 4) is 0 Å². The number of carbonyl (C=O) groups excluding carboxylic acids is 1. The van der Waals surface area contributed by atoms with Crippen molar-refractivity contribution in [3.05, 3.63) is 64.7 Å². The Hall–Kier alpha value is -2.37. The van der Waals surface area contributed by atoms with Crippen molar-refractivity contribution in [2.45, 2.75) is 45.8 Å². The van der Waals surface area contributed by atoms with Crippen molar-refractivity contribution in [1.29, 1.82) is 0 Å². The second-order valence-corrected chi connectivity index (χ2v) is 10.6. The van der Waals surface area contributed by atoms with Crippen LogP contribution in [0.25, 0.3) is 0 Å². The molecule has 2 aromatic carbocycles. The van der Waals surface area contributed by atoms with Crippen molar-refractivity contribution in [1.82, 2.24) is 9.80 Å². The molecule has 5 rings (SSSR count). The largest absolute Gasteiger partial charge is 0.390 e. The van der Waals surface area contributed by atoms with Gasteiger partial charge in [-0.2, -0.15) is 0 Å². The molecule has 3 aliphatic rings. The van der Waals surface area contributed by atoms with Crippen LogP contribution in [0, 0.1) is 11.8 Å². The number of aliphatic hydroxyl groups excluding tert-OH is 1. The van der Waals surface area contributed by atoms with Gasteiger partial charge in [0.2, 0.25) is 0 Å². The molecular weight excluding hydrogens is 410 g/mol. The lowest BCUT2D eigenvalue weighted by Crippen LogP contribution is -2.46. The van der Waals surface area contributed by atoms with Crippen molar-refractivity contribution in [2.24, 2.45) is 11.8 Å². The molecule has 0 spiro atoms. The molecule has 3 heterocycles. The van der Waals surface area contributed by atoms with E-state index in [4.69, 9.17) is 0 Å². The SMILES string of the molecule is CC1CC(C)CN(c2ccc3c(c2)CCN(C[C@H](O)CN2CCc4ccccc4C2)C3=O)C1. The summed E-state index contributed by atoms with van der Waals surface area (Å²) in [5, 5.41) is 10.8. The molecule has 0 bridgehead atoms. The molecule has 5 nitrogen and oxygen atoms in total. The van der Waals surface area contributed by atoms with Gasteiger partial charge in [-0.05, 0) is 66.0 Å².